The molecule has 5 nitrogen and oxygen atoms in total. The highest BCUT2D eigenvalue weighted by Gasteiger charge is 2.30. The summed E-state index contributed by atoms with van der Waals surface area (Å²) < 4.78 is 0. The summed E-state index contributed by atoms with van der Waals surface area (Å²) in [5, 5.41) is 8.94. The van der Waals surface area contributed by atoms with E-state index in [9.17, 15) is 4.79 Å². The Bertz CT molecular complexity index is 462. The zero-order chi connectivity index (χ0) is 14.0. The van der Waals surface area contributed by atoms with Crippen LogP contribution in [0.2, 0.25) is 0 Å². The van der Waals surface area contributed by atoms with Crippen LogP contribution in [0.15, 0.2) is 18.3 Å². The lowest BCUT2D eigenvalue weighted by Gasteiger charge is -2.22. The SMILES string of the molecule is CC1CN(Cc2ccnc(C(=O)O)c2)CC1N(C)C. The van der Waals surface area contributed by atoms with Gasteiger partial charge >= 0.3 is 5.97 Å². The number of nitrogens with zero attached hydrogens (tertiary/aromatic N) is 3. The van der Waals surface area contributed by atoms with Crippen molar-refractivity contribution in [3.05, 3.63) is 29.6 Å². The number of likely N-dealkylation sites (tertiary alicyclic amines) is 1. The van der Waals surface area contributed by atoms with Crippen LogP contribution in [-0.2, 0) is 6.54 Å². The Morgan fingerprint density at radius 2 is 2.26 bits per heavy atom. The summed E-state index contributed by atoms with van der Waals surface area (Å²) in [7, 11) is 4.22. The molecule has 0 radical (unpaired) electrons. The highest BCUT2D eigenvalue weighted by Crippen LogP contribution is 2.21. The van der Waals surface area contributed by atoms with Gasteiger partial charge in [0.05, 0.1) is 0 Å². The van der Waals surface area contributed by atoms with Gasteiger partial charge in [0.15, 0.2) is 0 Å². The van der Waals surface area contributed by atoms with Crippen LogP contribution in [0, 0.1) is 5.92 Å². The monoisotopic (exact) mass is 263 g/mol. The van der Waals surface area contributed by atoms with Gasteiger partial charge in [-0.25, -0.2) is 9.78 Å². The first-order valence-electron chi connectivity index (χ1n) is 6.54. The maximum Gasteiger partial charge on any atom is 0.354 e. The van der Waals surface area contributed by atoms with Crippen molar-refractivity contribution in [2.75, 3.05) is 27.2 Å². The smallest absolute Gasteiger partial charge is 0.354 e. The number of aromatic carboxylic acids is 1. The van der Waals surface area contributed by atoms with E-state index in [1.165, 1.54) is 0 Å². The van der Waals surface area contributed by atoms with Gasteiger partial charge in [-0.1, -0.05) is 6.92 Å². The Morgan fingerprint density at radius 3 is 2.84 bits per heavy atom. The van der Waals surface area contributed by atoms with Crippen LogP contribution in [0.25, 0.3) is 0 Å². The molecule has 1 aliphatic rings. The van der Waals surface area contributed by atoms with Crippen molar-refractivity contribution in [1.29, 1.82) is 0 Å². The van der Waals surface area contributed by atoms with Crippen LogP contribution in [0.5, 0.6) is 0 Å². The van der Waals surface area contributed by atoms with Gasteiger partial charge in [0.1, 0.15) is 5.69 Å². The summed E-state index contributed by atoms with van der Waals surface area (Å²) in [6.45, 7) is 5.13. The first-order chi connectivity index (χ1) is 8.97. The third kappa shape index (κ3) is 3.30. The molecule has 1 fully saturated rings. The van der Waals surface area contributed by atoms with E-state index < -0.39 is 5.97 Å². The molecule has 1 aromatic heterocycles. The van der Waals surface area contributed by atoms with Crippen molar-refractivity contribution in [2.45, 2.75) is 19.5 Å². The molecule has 0 spiro atoms. The van der Waals surface area contributed by atoms with Gasteiger partial charge in [-0.05, 0) is 37.7 Å². The van der Waals surface area contributed by atoms with Gasteiger partial charge in [-0.2, -0.15) is 0 Å². The fourth-order valence-electron chi connectivity index (χ4n) is 2.80. The molecule has 1 aliphatic heterocycles. The first-order valence-corrected chi connectivity index (χ1v) is 6.54. The van der Waals surface area contributed by atoms with Crippen LogP contribution in [-0.4, -0.2) is 59.1 Å². The zero-order valence-electron chi connectivity index (χ0n) is 11.7. The van der Waals surface area contributed by atoms with Crippen LogP contribution in [0.1, 0.15) is 23.0 Å². The van der Waals surface area contributed by atoms with Crippen molar-refractivity contribution in [3.63, 3.8) is 0 Å². The predicted octanol–water partition coefficient (Wildman–Crippen LogP) is 1.16. The van der Waals surface area contributed by atoms with Gasteiger partial charge in [0.2, 0.25) is 0 Å². The van der Waals surface area contributed by atoms with E-state index in [0.29, 0.717) is 12.0 Å². The van der Waals surface area contributed by atoms with Gasteiger partial charge in [-0.15, -0.1) is 0 Å². The Balaban J connectivity index is 2.02. The largest absolute Gasteiger partial charge is 0.477 e. The van der Waals surface area contributed by atoms with Crippen LogP contribution < -0.4 is 0 Å². The summed E-state index contributed by atoms with van der Waals surface area (Å²) in [5.74, 6) is -0.335. The Kier molecular flexibility index (Phi) is 4.17. The number of likely N-dealkylation sites (N-methyl/N-ethyl adjacent to an activating group) is 1. The molecule has 0 amide bonds. The van der Waals surface area contributed by atoms with E-state index in [-0.39, 0.29) is 5.69 Å². The molecule has 2 unspecified atom stereocenters. The second-order valence-electron chi connectivity index (χ2n) is 5.56. The number of hydrogen-bond donors (Lipinski definition) is 1. The summed E-state index contributed by atoms with van der Waals surface area (Å²) in [6.07, 6.45) is 1.57. The fourth-order valence-corrected chi connectivity index (χ4v) is 2.80. The lowest BCUT2D eigenvalue weighted by molar-refractivity contribution is 0.0690. The van der Waals surface area contributed by atoms with E-state index in [1.54, 1.807) is 12.3 Å². The van der Waals surface area contributed by atoms with Crippen molar-refractivity contribution in [3.8, 4) is 0 Å². The van der Waals surface area contributed by atoms with Crippen LogP contribution in [0.4, 0.5) is 0 Å². The molecular formula is C14H21N3O2. The zero-order valence-corrected chi connectivity index (χ0v) is 11.7. The Hall–Kier alpha value is -1.46. The normalized spacial score (nSPS) is 24.0. The van der Waals surface area contributed by atoms with Crippen molar-refractivity contribution in [1.82, 2.24) is 14.8 Å². The molecule has 104 valence electrons. The van der Waals surface area contributed by atoms with E-state index in [2.05, 4.69) is 35.8 Å². The maximum atomic E-state index is 10.9. The predicted molar refractivity (Wildman–Crippen MR) is 73.1 cm³/mol. The molecule has 1 aromatic rings. The molecule has 1 saturated heterocycles. The second-order valence-corrected chi connectivity index (χ2v) is 5.56. The number of pyridine rings is 1. The molecule has 0 aromatic carbocycles. The molecule has 2 atom stereocenters. The number of aromatic nitrogens is 1. The molecule has 19 heavy (non-hydrogen) atoms. The van der Waals surface area contributed by atoms with E-state index >= 15 is 0 Å². The molecular weight excluding hydrogens is 242 g/mol. The standard InChI is InChI=1S/C14H21N3O2/c1-10-7-17(9-13(10)16(2)3)8-11-4-5-15-12(6-11)14(18)19/h4-6,10,13H,7-9H2,1-3H3,(H,18,19). The number of carbonyl (C=O) groups is 1. The molecule has 5 heteroatoms. The van der Waals surface area contributed by atoms with Gasteiger partial charge in [0.25, 0.3) is 0 Å². The summed E-state index contributed by atoms with van der Waals surface area (Å²) in [4.78, 5) is 19.4. The summed E-state index contributed by atoms with van der Waals surface area (Å²) in [6, 6.07) is 4.12. The van der Waals surface area contributed by atoms with Crippen LogP contribution >= 0.6 is 0 Å². The third-order valence-corrected chi connectivity index (χ3v) is 3.76. The quantitative estimate of drug-likeness (QED) is 0.883. The van der Waals surface area contributed by atoms with Crippen molar-refractivity contribution in [2.24, 2.45) is 5.92 Å². The molecule has 0 bridgehead atoms. The van der Waals surface area contributed by atoms with E-state index in [1.807, 2.05) is 6.07 Å². The number of hydrogen-bond acceptors (Lipinski definition) is 4. The summed E-state index contributed by atoms with van der Waals surface area (Å²) in [5.41, 5.74) is 1.13. The van der Waals surface area contributed by atoms with Crippen LogP contribution in [0.3, 0.4) is 0 Å². The molecule has 2 heterocycles. The topological polar surface area (TPSA) is 56.7 Å². The minimum atomic E-state index is -0.970. The number of rotatable bonds is 4. The lowest BCUT2D eigenvalue weighted by atomic mass is 10.1. The molecule has 1 N–H and O–H groups in total. The number of carboxylic acid groups (broad SMARTS) is 1. The van der Waals surface area contributed by atoms with E-state index in [4.69, 9.17) is 5.11 Å². The van der Waals surface area contributed by atoms with Crippen molar-refractivity contribution < 1.29 is 9.90 Å². The summed E-state index contributed by atoms with van der Waals surface area (Å²) >= 11 is 0. The van der Waals surface area contributed by atoms with Gasteiger partial charge in [-0.3, -0.25) is 4.90 Å². The first kappa shape index (κ1) is 14.0. The fraction of sp³-hybridized carbons (Fsp3) is 0.571. The minimum absolute atomic E-state index is 0.119. The molecule has 0 aliphatic carbocycles. The van der Waals surface area contributed by atoms with Gasteiger partial charge < -0.3 is 10.0 Å². The average molecular weight is 263 g/mol. The average Bonchev–Trinajstić information content (AvgIpc) is 2.70. The maximum absolute atomic E-state index is 10.9. The molecule has 0 saturated carbocycles. The van der Waals surface area contributed by atoms with Gasteiger partial charge in [0, 0.05) is 31.9 Å². The lowest BCUT2D eigenvalue weighted by Crippen LogP contribution is -2.34. The highest BCUT2D eigenvalue weighted by atomic mass is 16.4. The third-order valence-electron chi connectivity index (χ3n) is 3.76. The Morgan fingerprint density at radius 1 is 1.53 bits per heavy atom. The van der Waals surface area contributed by atoms with Crippen molar-refractivity contribution >= 4 is 5.97 Å². The molecule has 2 rings (SSSR count). The highest BCUT2D eigenvalue weighted by molar-refractivity contribution is 5.85. The second kappa shape index (κ2) is 5.67. The Labute approximate surface area is 113 Å². The number of carboxylic acids is 1. The van der Waals surface area contributed by atoms with E-state index in [0.717, 1.165) is 25.2 Å². The minimum Gasteiger partial charge on any atom is -0.477 e.